The summed E-state index contributed by atoms with van der Waals surface area (Å²) in [7, 11) is 1.34. The Bertz CT molecular complexity index is 790. The summed E-state index contributed by atoms with van der Waals surface area (Å²) in [5, 5.41) is 3.79. The van der Waals surface area contributed by atoms with Gasteiger partial charge in [-0.3, -0.25) is 4.79 Å². The second kappa shape index (κ2) is 7.30. The molecule has 0 spiro atoms. The molecule has 0 saturated carbocycles. The molecule has 0 bridgehead atoms. The van der Waals surface area contributed by atoms with Crippen LogP contribution in [0.2, 0.25) is 0 Å². The molecule has 1 N–H and O–H groups in total. The lowest BCUT2D eigenvalue weighted by molar-refractivity contribution is -0.145. The van der Waals surface area contributed by atoms with Crippen molar-refractivity contribution in [1.29, 1.82) is 0 Å². The molecule has 0 fully saturated rings. The highest BCUT2D eigenvalue weighted by Gasteiger charge is 2.23. The summed E-state index contributed by atoms with van der Waals surface area (Å²) in [6, 6.07) is 3.63. The van der Waals surface area contributed by atoms with Gasteiger partial charge in [0.25, 0.3) is 0 Å². The van der Waals surface area contributed by atoms with Gasteiger partial charge in [-0.2, -0.15) is 0 Å². The van der Waals surface area contributed by atoms with Crippen LogP contribution in [0.5, 0.6) is 0 Å². The first kappa shape index (κ1) is 17.5. The molecule has 1 atom stereocenters. The molecule has 1 amide bonds. The van der Waals surface area contributed by atoms with Crippen LogP contribution in [-0.4, -0.2) is 25.0 Å². The average molecular weight is 343 g/mol. The minimum Gasteiger partial charge on any atom is -0.467 e. The van der Waals surface area contributed by atoms with Gasteiger partial charge in [-0.15, -0.1) is 0 Å². The zero-order valence-corrected chi connectivity index (χ0v) is 15.1. The maximum absolute atomic E-state index is 12.4. The Kier molecular flexibility index (Phi) is 5.11. The van der Waals surface area contributed by atoms with Crippen LogP contribution in [0.15, 0.2) is 22.8 Å². The third-order valence-electron chi connectivity index (χ3n) is 4.75. The van der Waals surface area contributed by atoms with E-state index in [0.717, 1.165) is 29.4 Å². The summed E-state index contributed by atoms with van der Waals surface area (Å²) in [6.07, 6.45) is 5.75. The Hall–Kier alpha value is -2.30. The molecule has 25 heavy (non-hydrogen) atoms. The summed E-state index contributed by atoms with van der Waals surface area (Å²) in [6.45, 7) is 4.01. The Morgan fingerprint density at radius 1 is 1.24 bits per heavy atom. The molecule has 3 rings (SSSR count). The second-order valence-corrected chi connectivity index (χ2v) is 7.18. The molecule has 2 aromatic rings. The fraction of sp³-hybridized carbons (Fsp3) is 0.500. The number of aryl methyl sites for hydroxylation is 2. The molecule has 5 heteroatoms. The van der Waals surface area contributed by atoms with E-state index in [1.165, 1.54) is 24.7 Å². The highest BCUT2D eigenvalue weighted by Crippen LogP contribution is 2.30. The molecule has 1 heterocycles. The number of furan rings is 1. The summed E-state index contributed by atoms with van der Waals surface area (Å²) in [5.74, 6) is -0.321. The lowest BCUT2D eigenvalue weighted by Gasteiger charge is -2.18. The van der Waals surface area contributed by atoms with Gasteiger partial charge in [0.1, 0.15) is 11.6 Å². The molecule has 1 aromatic heterocycles. The van der Waals surface area contributed by atoms with E-state index in [2.05, 4.69) is 17.4 Å². The number of hydrogen-bond donors (Lipinski definition) is 1. The number of nitrogens with one attached hydrogen (secondary N) is 1. The zero-order chi connectivity index (χ0) is 18.0. The molecule has 1 aromatic carbocycles. The summed E-state index contributed by atoms with van der Waals surface area (Å²) < 4.78 is 10.4. The number of hydrogen-bond acceptors (Lipinski definition) is 4. The smallest absolute Gasteiger partial charge is 0.328 e. The normalized spacial score (nSPS) is 14.6. The van der Waals surface area contributed by atoms with E-state index in [1.54, 1.807) is 6.26 Å². The molecule has 0 saturated heterocycles. The number of esters is 1. The first-order chi connectivity index (χ1) is 12.0. The van der Waals surface area contributed by atoms with Gasteiger partial charge in [0.05, 0.1) is 19.8 Å². The Morgan fingerprint density at radius 2 is 1.96 bits per heavy atom. The van der Waals surface area contributed by atoms with Crippen molar-refractivity contribution in [2.75, 3.05) is 7.11 Å². The van der Waals surface area contributed by atoms with E-state index in [0.29, 0.717) is 6.42 Å². The number of benzene rings is 1. The van der Waals surface area contributed by atoms with E-state index in [9.17, 15) is 9.59 Å². The largest absolute Gasteiger partial charge is 0.467 e. The van der Waals surface area contributed by atoms with Crippen molar-refractivity contribution in [3.05, 3.63) is 35.1 Å². The van der Waals surface area contributed by atoms with Crippen molar-refractivity contribution in [1.82, 2.24) is 5.32 Å². The molecule has 5 nitrogen and oxygen atoms in total. The van der Waals surface area contributed by atoms with Crippen molar-refractivity contribution in [2.24, 2.45) is 5.92 Å². The van der Waals surface area contributed by atoms with E-state index in [4.69, 9.17) is 9.15 Å². The first-order valence-electron chi connectivity index (χ1n) is 8.87. The molecular formula is C20H25NO4. The highest BCUT2D eigenvalue weighted by molar-refractivity contribution is 5.90. The predicted octanol–water partition coefficient (Wildman–Crippen LogP) is 3.17. The monoisotopic (exact) mass is 343 g/mol. The summed E-state index contributed by atoms with van der Waals surface area (Å²) in [4.78, 5) is 24.3. The van der Waals surface area contributed by atoms with Crippen molar-refractivity contribution in [2.45, 2.75) is 52.0 Å². The lowest BCUT2D eigenvalue weighted by Crippen LogP contribution is -2.43. The van der Waals surface area contributed by atoms with E-state index in [-0.39, 0.29) is 18.2 Å². The third kappa shape index (κ3) is 3.86. The van der Waals surface area contributed by atoms with E-state index >= 15 is 0 Å². The number of carbonyl (C=O) groups excluding carboxylic acids is 2. The summed E-state index contributed by atoms with van der Waals surface area (Å²) >= 11 is 0. The predicted molar refractivity (Wildman–Crippen MR) is 95.3 cm³/mol. The minimum atomic E-state index is -0.611. The number of carbonyl (C=O) groups is 2. The molecular weight excluding hydrogens is 318 g/mol. The van der Waals surface area contributed by atoms with Gasteiger partial charge in [-0.25, -0.2) is 4.79 Å². The van der Waals surface area contributed by atoms with Crippen molar-refractivity contribution >= 4 is 22.8 Å². The van der Waals surface area contributed by atoms with E-state index < -0.39 is 12.0 Å². The standard InChI is InChI=1S/C20H25NO4/c1-12(2)7-17(20(23)24-3)21-19(22)10-15-11-25-18-9-14-6-4-5-13(14)8-16(15)18/h8-9,11-12,17H,4-7,10H2,1-3H3,(H,21,22). The quantitative estimate of drug-likeness (QED) is 0.818. The minimum absolute atomic E-state index is 0.192. The van der Waals surface area contributed by atoms with Crippen molar-refractivity contribution < 1.29 is 18.7 Å². The van der Waals surface area contributed by atoms with Crippen LogP contribution in [-0.2, 0) is 33.6 Å². The average Bonchev–Trinajstić information content (AvgIpc) is 3.17. The fourth-order valence-electron chi connectivity index (χ4n) is 3.53. The van der Waals surface area contributed by atoms with Crippen LogP contribution in [0, 0.1) is 5.92 Å². The molecule has 1 aliphatic carbocycles. The van der Waals surface area contributed by atoms with Crippen molar-refractivity contribution in [3.63, 3.8) is 0 Å². The van der Waals surface area contributed by atoms with Gasteiger partial charge < -0.3 is 14.5 Å². The molecule has 1 unspecified atom stereocenters. The fourth-order valence-corrected chi connectivity index (χ4v) is 3.53. The Labute approximate surface area is 147 Å². The van der Waals surface area contributed by atoms with Crippen LogP contribution < -0.4 is 5.32 Å². The zero-order valence-electron chi connectivity index (χ0n) is 15.1. The molecule has 0 radical (unpaired) electrons. The highest BCUT2D eigenvalue weighted by atomic mass is 16.5. The van der Waals surface area contributed by atoms with Gasteiger partial charge in [-0.1, -0.05) is 13.8 Å². The van der Waals surface area contributed by atoms with Crippen molar-refractivity contribution in [3.8, 4) is 0 Å². The van der Waals surface area contributed by atoms with Crippen LogP contribution in [0.25, 0.3) is 11.0 Å². The van der Waals surface area contributed by atoms with Crippen LogP contribution >= 0.6 is 0 Å². The maximum atomic E-state index is 12.4. The number of methoxy groups -OCH3 is 1. The van der Waals surface area contributed by atoms with Gasteiger partial charge in [0.15, 0.2) is 0 Å². The number of fused-ring (bicyclic) bond motifs is 2. The second-order valence-electron chi connectivity index (χ2n) is 7.18. The summed E-state index contributed by atoms with van der Waals surface area (Å²) in [5.41, 5.74) is 4.38. The van der Waals surface area contributed by atoms with Crippen LogP contribution in [0.3, 0.4) is 0 Å². The van der Waals surface area contributed by atoms with Crippen LogP contribution in [0.4, 0.5) is 0 Å². The van der Waals surface area contributed by atoms with Gasteiger partial charge in [0, 0.05) is 10.9 Å². The van der Waals surface area contributed by atoms with Gasteiger partial charge >= 0.3 is 5.97 Å². The van der Waals surface area contributed by atoms with Crippen LogP contribution in [0.1, 0.15) is 43.4 Å². The number of ether oxygens (including phenoxy) is 1. The Balaban J connectivity index is 1.74. The number of amides is 1. The SMILES string of the molecule is COC(=O)C(CC(C)C)NC(=O)Cc1coc2cc3c(cc12)CCC3. The third-order valence-corrected chi connectivity index (χ3v) is 4.75. The molecule has 0 aliphatic heterocycles. The maximum Gasteiger partial charge on any atom is 0.328 e. The molecule has 134 valence electrons. The topological polar surface area (TPSA) is 68.5 Å². The van der Waals surface area contributed by atoms with Gasteiger partial charge in [-0.05, 0) is 54.9 Å². The first-order valence-corrected chi connectivity index (χ1v) is 8.87. The Morgan fingerprint density at radius 3 is 2.64 bits per heavy atom. The number of rotatable bonds is 6. The van der Waals surface area contributed by atoms with Gasteiger partial charge in [0.2, 0.25) is 5.91 Å². The van der Waals surface area contributed by atoms with E-state index in [1.807, 2.05) is 13.8 Å². The molecule has 1 aliphatic rings. The lowest BCUT2D eigenvalue weighted by atomic mass is 10.0.